The fraction of sp³-hybridized carbons (Fsp3) is 0.500. The summed E-state index contributed by atoms with van der Waals surface area (Å²) in [7, 11) is -2.77. The summed E-state index contributed by atoms with van der Waals surface area (Å²) < 4.78 is 46.7. The van der Waals surface area contributed by atoms with Gasteiger partial charge in [0.15, 0.2) is 9.84 Å². The highest BCUT2D eigenvalue weighted by Crippen LogP contribution is 2.47. The number of hydrogen-bond donors (Lipinski definition) is 0. The van der Waals surface area contributed by atoms with Gasteiger partial charge in [0.1, 0.15) is 11.3 Å². The number of amides is 1. The van der Waals surface area contributed by atoms with E-state index in [4.69, 9.17) is 14.2 Å². The Morgan fingerprint density at radius 1 is 1.05 bits per heavy atom. The molecule has 0 radical (unpaired) electrons. The van der Waals surface area contributed by atoms with E-state index >= 15 is 0 Å². The summed E-state index contributed by atoms with van der Waals surface area (Å²) in [4.78, 5) is 28.4. The van der Waals surface area contributed by atoms with Crippen molar-refractivity contribution in [1.82, 2.24) is 4.90 Å². The molecule has 2 aliphatic rings. The Labute approximate surface area is 243 Å². The monoisotopic (exact) mass is 583 g/mol. The Bertz CT molecular complexity index is 1370. The summed E-state index contributed by atoms with van der Waals surface area (Å²) in [5.41, 5.74) is -0.294. The summed E-state index contributed by atoms with van der Waals surface area (Å²) in [5, 5.41) is -1.17. The molecule has 222 valence electrons. The van der Waals surface area contributed by atoms with Crippen LogP contribution in [0.4, 0.5) is 4.79 Å². The van der Waals surface area contributed by atoms with Gasteiger partial charge in [-0.15, -0.1) is 0 Å². The largest absolute Gasteiger partial charge is 0.469 e. The minimum absolute atomic E-state index is 0.127. The van der Waals surface area contributed by atoms with Gasteiger partial charge in [0.25, 0.3) is 0 Å². The number of carbonyl (C=O) groups is 2. The number of allylic oxidation sites excluding steroid dienone is 1. The summed E-state index contributed by atoms with van der Waals surface area (Å²) in [6.45, 7) is 12.9. The Balaban J connectivity index is 1.91. The minimum atomic E-state index is -4.08. The molecule has 8 nitrogen and oxygen atoms in total. The molecular weight excluding hydrogens is 542 g/mol. The molecule has 5 unspecified atom stereocenters. The number of methoxy groups -OCH3 is 1. The molecule has 1 saturated heterocycles. The van der Waals surface area contributed by atoms with Crippen molar-refractivity contribution in [2.75, 3.05) is 7.11 Å². The molecule has 5 atom stereocenters. The van der Waals surface area contributed by atoms with Crippen molar-refractivity contribution in [3.63, 3.8) is 0 Å². The third kappa shape index (κ3) is 6.51. The van der Waals surface area contributed by atoms with E-state index < -0.39 is 62.5 Å². The molecule has 1 amide bonds. The van der Waals surface area contributed by atoms with E-state index in [1.165, 1.54) is 12.0 Å². The van der Waals surface area contributed by atoms with Crippen molar-refractivity contribution in [2.24, 2.45) is 11.8 Å². The molecule has 0 bridgehead atoms. The maximum Gasteiger partial charge on any atom is 0.412 e. The van der Waals surface area contributed by atoms with Gasteiger partial charge in [0.05, 0.1) is 35.3 Å². The highest BCUT2D eigenvalue weighted by molar-refractivity contribution is 7.92. The number of hydrogen-bond acceptors (Lipinski definition) is 7. The topological polar surface area (TPSA) is 99.2 Å². The summed E-state index contributed by atoms with van der Waals surface area (Å²) in [5.74, 6) is -1.86. The maximum absolute atomic E-state index is 14.6. The fourth-order valence-electron chi connectivity index (χ4n) is 6.22. The third-order valence-corrected chi connectivity index (χ3v) is 10.1. The average Bonchev–Trinajstić information content (AvgIpc) is 3.39. The predicted octanol–water partition coefficient (Wildman–Crippen LogP) is 5.57. The highest BCUT2D eigenvalue weighted by Gasteiger charge is 2.59. The van der Waals surface area contributed by atoms with E-state index in [1.807, 2.05) is 30.3 Å². The van der Waals surface area contributed by atoms with Crippen molar-refractivity contribution in [3.8, 4) is 0 Å². The Kier molecular flexibility index (Phi) is 8.71. The van der Waals surface area contributed by atoms with Crippen LogP contribution < -0.4 is 0 Å². The second-order valence-electron chi connectivity index (χ2n) is 12.4. The predicted molar refractivity (Wildman–Crippen MR) is 156 cm³/mol. The van der Waals surface area contributed by atoms with Crippen LogP contribution in [0.25, 0.3) is 0 Å². The summed E-state index contributed by atoms with van der Waals surface area (Å²) in [6.07, 6.45) is -0.603. The molecule has 1 saturated carbocycles. The lowest BCUT2D eigenvalue weighted by molar-refractivity contribution is -0.147. The van der Waals surface area contributed by atoms with Crippen LogP contribution in [0, 0.1) is 11.8 Å². The Morgan fingerprint density at radius 3 is 2.20 bits per heavy atom. The molecule has 0 aromatic heterocycles. The standard InChI is InChI=1S/C32H41NO7S/c1-21-18-24(25(19-21)29(34)38-7)28(41(36,37)23-16-12-9-13-17-23)27-26(20-22-14-10-8-11-15-22)33(32(5,6)39-27)30(35)40-31(2,3)4/h8-17,24-28H,1,18-20H2,2-7H3. The summed E-state index contributed by atoms with van der Waals surface area (Å²) >= 11 is 0. The number of benzene rings is 2. The zero-order valence-electron chi connectivity index (χ0n) is 24.7. The third-order valence-electron chi connectivity index (χ3n) is 7.82. The lowest BCUT2D eigenvalue weighted by atomic mass is 9.86. The second-order valence-corrected chi connectivity index (χ2v) is 14.5. The quantitative estimate of drug-likeness (QED) is 0.311. The molecule has 2 aromatic carbocycles. The van der Waals surface area contributed by atoms with Crippen LogP contribution in [0.2, 0.25) is 0 Å². The summed E-state index contributed by atoms with van der Waals surface area (Å²) in [6, 6.07) is 17.1. The highest BCUT2D eigenvalue weighted by atomic mass is 32.2. The van der Waals surface area contributed by atoms with Crippen LogP contribution >= 0.6 is 0 Å². The van der Waals surface area contributed by atoms with E-state index in [0.717, 1.165) is 11.1 Å². The van der Waals surface area contributed by atoms with E-state index in [9.17, 15) is 18.0 Å². The molecule has 0 N–H and O–H groups in total. The molecule has 4 rings (SSSR count). The van der Waals surface area contributed by atoms with Gasteiger partial charge < -0.3 is 14.2 Å². The Morgan fingerprint density at radius 2 is 1.63 bits per heavy atom. The molecule has 9 heteroatoms. The molecule has 2 aromatic rings. The zero-order chi connectivity index (χ0) is 30.2. The Hall–Kier alpha value is -3.17. The van der Waals surface area contributed by atoms with Gasteiger partial charge in [-0.3, -0.25) is 9.69 Å². The molecule has 1 aliphatic carbocycles. The number of sulfone groups is 1. The van der Waals surface area contributed by atoms with Crippen molar-refractivity contribution in [1.29, 1.82) is 0 Å². The normalized spacial score (nSPS) is 25.1. The lowest BCUT2D eigenvalue weighted by Gasteiger charge is -2.36. The number of rotatable bonds is 7. The molecule has 1 heterocycles. The van der Waals surface area contributed by atoms with Crippen LogP contribution in [0.3, 0.4) is 0 Å². The SMILES string of the molecule is C=C1CC(C(=O)OC)C(C(C2OC(C)(C)N(C(=O)OC(C)(C)C)C2Cc2ccccc2)S(=O)(=O)c2ccccc2)C1. The number of nitrogens with zero attached hydrogens (tertiary/aromatic N) is 1. The van der Waals surface area contributed by atoms with Crippen LogP contribution in [0.1, 0.15) is 53.0 Å². The average molecular weight is 584 g/mol. The maximum atomic E-state index is 14.6. The van der Waals surface area contributed by atoms with Gasteiger partial charge in [0, 0.05) is 0 Å². The first-order valence-electron chi connectivity index (χ1n) is 13.9. The minimum Gasteiger partial charge on any atom is -0.469 e. The van der Waals surface area contributed by atoms with Crippen molar-refractivity contribution >= 4 is 21.9 Å². The zero-order valence-corrected chi connectivity index (χ0v) is 25.5. The van der Waals surface area contributed by atoms with Crippen molar-refractivity contribution in [3.05, 3.63) is 78.4 Å². The van der Waals surface area contributed by atoms with Gasteiger partial charge in [-0.2, -0.15) is 0 Å². The van der Waals surface area contributed by atoms with Crippen LogP contribution in [0.15, 0.2) is 77.7 Å². The van der Waals surface area contributed by atoms with Crippen LogP contribution in [-0.2, 0) is 35.3 Å². The van der Waals surface area contributed by atoms with Crippen LogP contribution in [-0.4, -0.2) is 61.2 Å². The second kappa shape index (κ2) is 11.6. The van der Waals surface area contributed by atoms with E-state index in [-0.39, 0.29) is 4.90 Å². The van der Waals surface area contributed by atoms with Gasteiger partial charge >= 0.3 is 12.1 Å². The first-order chi connectivity index (χ1) is 19.2. The van der Waals surface area contributed by atoms with Gasteiger partial charge in [-0.05, 0) is 77.5 Å². The number of esters is 1. The van der Waals surface area contributed by atoms with Gasteiger partial charge in [0.2, 0.25) is 0 Å². The number of ether oxygens (including phenoxy) is 3. The first kappa shape index (κ1) is 30.8. The molecule has 1 aliphatic heterocycles. The van der Waals surface area contributed by atoms with Crippen molar-refractivity contribution < 1.29 is 32.2 Å². The van der Waals surface area contributed by atoms with Gasteiger partial charge in [-0.25, -0.2) is 13.2 Å². The number of carbonyl (C=O) groups excluding carboxylic acids is 2. The lowest BCUT2D eigenvalue weighted by Crippen LogP contribution is -2.53. The molecular formula is C32H41NO7S. The van der Waals surface area contributed by atoms with Crippen LogP contribution in [0.5, 0.6) is 0 Å². The smallest absolute Gasteiger partial charge is 0.412 e. The molecule has 0 spiro atoms. The first-order valence-corrected chi connectivity index (χ1v) is 15.5. The molecule has 41 heavy (non-hydrogen) atoms. The fourth-order valence-corrected chi connectivity index (χ4v) is 8.41. The van der Waals surface area contributed by atoms with E-state index in [1.54, 1.807) is 65.0 Å². The van der Waals surface area contributed by atoms with E-state index in [2.05, 4.69) is 6.58 Å². The van der Waals surface area contributed by atoms with E-state index in [0.29, 0.717) is 19.3 Å². The van der Waals surface area contributed by atoms with Crippen molar-refractivity contribution in [2.45, 2.75) is 87.5 Å². The van der Waals surface area contributed by atoms with Gasteiger partial charge in [-0.1, -0.05) is 60.7 Å². The molecule has 2 fully saturated rings.